The number of hydrogen-bond donors (Lipinski definition) is 2. The number of aromatic amines is 1. The minimum absolute atomic E-state index is 0.143. The molecule has 0 radical (unpaired) electrons. The second-order valence-electron chi connectivity index (χ2n) is 6.50. The first-order chi connectivity index (χ1) is 12.6. The maximum absolute atomic E-state index is 13.7. The largest absolute Gasteiger partial charge is 0.493 e. The monoisotopic (exact) mass is 374 g/mol. The molecule has 0 aliphatic rings. The molecule has 0 fully saturated rings. The number of hydrogen-bond acceptors (Lipinski definition) is 2. The second kappa shape index (κ2) is 8.56. The molecule has 0 unspecified atom stereocenters. The molecule has 0 bridgehead atoms. The molecular weight excluding hydrogens is 351 g/mol. The summed E-state index contributed by atoms with van der Waals surface area (Å²) in [6, 6.07) is 9.44. The summed E-state index contributed by atoms with van der Waals surface area (Å²) in [6.07, 6.45) is 3.73. The molecule has 1 heterocycles. The Morgan fingerprint density at radius 2 is 2.08 bits per heavy atom. The summed E-state index contributed by atoms with van der Waals surface area (Å²) in [6.45, 7) is 6.47. The Labute approximate surface area is 158 Å². The number of H-pyrrole nitrogens is 1. The van der Waals surface area contributed by atoms with Gasteiger partial charge in [0, 0.05) is 23.6 Å². The van der Waals surface area contributed by atoms with Crippen molar-refractivity contribution in [2.75, 3.05) is 13.2 Å². The van der Waals surface area contributed by atoms with Crippen LogP contribution in [-0.2, 0) is 13.0 Å². The van der Waals surface area contributed by atoms with Gasteiger partial charge in [0.2, 0.25) is 0 Å². The Bertz CT molecular complexity index is 891. The third-order valence-corrected chi connectivity index (χ3v) is 4.71. The lowest BCUT2D eigenvalue weighted by Crippen LogP contribution is -2.16. The lowest BCUT2D eigenvalue weighted by Gasteiger charge is -2.11. The van der Waals surface area contributed by atoms with Crippen molar-refractivity contribution in [3.05, 3.63) is 64.1 Å². The third-order valence-electron chi connectivity index (χ3n) is 4.42. The molecule has 0 saturated carbocycles. The Morgan fingerprint density at radius 1 is 1.23 bits per heavy atom. The minimum Gasteiger partial charge on any atom is -0.493 e. The fourth-order valence-electron chi connectivity index (χ4n) is 2.96. The Kier molecular flexibility index (Phi) is 6.17. The van der Waals surface area contributed by atoms with E-state index in [0.29, 0.717) is 0 Å². The van der Waals surface area contributed by atoms with E-state index in [9.17, 15) is 4.39 Å². The quantitative estimate of drug-likeness (QED) is 0.519. The van der Waals surface area contributed by atoms with Crippen molar-refractivity contribution in [2.45, 2.75) is 33.2 Å². The first-order valence-corrected chi connectivity index (χ1v) is 9.34. The first-order valence-electron chi connectivity index (χ1n) is 8.96. The summed E-state index contributed by atoms with van der Waals surface area (Å²) in [7, 11) is 0. The van der Waals surface area contributed by atoms with Crippen molar-refractivity contribution in [2.24, 2.45) is 0 Å². The SMILES string of the molecule is CCCOc1cc(CNCCc2c[nH]c3cc(Cl)c(F)cc23)ccc1C. The van der Waals surface area contributed by atoms with E-state index in [1.54, 1.807) is 6.07 Å². The molecule has 0 amide bonds. The highest BCUT2D eigenvalue weighted by Crippen LogP contribution is 2.25. The van der Waals surface area contributed by atoms with Gasteiger partial charge in [-0.1, -0.05) is 30.7 Å². The molecule has 0 atom stereocenters. The summed E-state index contributed by atoms with van der Waals surface area (Å²) in [5, 5.41) is 4.48. The number of benzene rings is 2. The number of aromatic nitrogens is 1. The summed E-state index contributed by atoms with van der Waals surface area (Å²) >= 11 is 5.83. The van der Waals surface area contributed by atoms with E-state index < -0.39 is 0 Å². The molecule has 2 N–H and O–H groups in total. The molecule has 5 heteroatoms. The molecule has 1 aromatic heterocycles. The van der Waals surface area contributed by atoms with Gasteiger partial charge in [-0.2, -0.15) is 0 Å². The third kappa shape index (κ3) is 4.37. The average Bonchev–Trinajstić information content (AvgIpc) is 3.01. The van der Waals surface area contributed by atoms with E-state index >= 15 is 0 Å². The van der Waals surface area contributed by atoms with E-state index in [0.717, 1.165) is 60.3 Å². The Balaban J connectivity index is 1.57. The Hall–Kier alpha value is -2.04. The number of aryl methyl sites for hydroxylation is 1. The van der Waals surface area contributed by atoms with Gasteiger partial charge in [0.25, 0.3) is 0 Å². The van der Waals surface area contributed by atoms with E-state index in [1.165, 1.54) is 11.6 Å². The highest BCUT2D eigenvalue weighted by molar-refractivity contribution is 6.31. The van der Waals surface area contributed by atoms with Gasteiger partial charge < -0.3 is 15.0 Å². The van der Waals surface area contributed by atoms with Gasteiger partial charge in [-0.05, 0) is 61.2 Å². The van der Waals surface area contributed by atoms with Crippen molar-refractivity contribution in [1.82, 2.24) is 10.3 Å². The summed E-state index contributed by atoms with van der Waals surface area (Å²) < 4.78 is 19.5. The van der Waals surface area contributed by atoms with Gasteiger partial charge in [-0.25, -0.2) is 4.39 Å². The zero-order chi connectivity index (χ0) is 18.5. The molecule has 0 saturated heterocycles. The fraction of sp³-hybridized carbons (Fsp3) is 0.333. The van der Waals surface area contributed by atoms with Crippen molar-refractivity contribution in [3.8, 4) is 5.75 Å². The zero-order valence-corrected chi connectivity index (χ0v) is 15.9. The van der Waals surface area contributed by atoms with E-state index in [4.69, 9.17) is 16.3 Å². The number of halogens is 2. The van der Waals surface area contributed by atoms with Gasteiger partial charge in [0.15, 0.2) is 0 Å². The summed E-state index contributed by atoms with van der Waals surface area (Å²) in [5.41, 5.74) is 4.29. The topological polar surface area (TPSA) is 37.0 Å². The molecule has 0 aliphatic heterocycles. The standard InChI is InChI=1S/C21H24ClFN2O/c1-3-8-26-21-9-15(5-4-14(21)2)12-24-7-6-16-13-25-20-11-18(22)19(23)10-17(16)20/h4-5,9-11,13,24-25H,3,6-8,12H2,1-2H3. The maximum atomic E-state index is 13.7. The molecule has 0 spiro atoms. The van der Waals surface area contributed by atoms with Crippen LogP contribution < -0.4 is 10.1 Å². The Morgan fingerprint density at radius 3 is 2.88 bits per heavy atom. The van der Waals surface area contributed by atoms with Crippen LogP contribution in [0.4, 0.5) is 4.39 Å². The van der Waals surface area contributed by atoms with Crippen molar-refractivity contribution < 1.29 is 9.13 Å². The predicted octanol–water partition coefficient (Wildman–Crippen LogP) is 5.39. The summed E-state index contributed by atoms with van der Waals surface area (Å²) in [5.74, 6) is 0.572. The van der Waals surface area contributed by atoms with Crippen LogP contribution in [0.3, 0.4) is 0 Å². The van der Waals surface area contributed by atoms with Crippen LogP contribution in [0.25, 0.3) is 10.9 Å². The molecule has 2 aromatic carbocycles. The van der Waals surface area contributed by atoms with Crippen LogP contribution in [0.5, 0.6) is 5.75 Å². The van der Waals surface area contributed by atoms with Gasteiger partial charge in [-0.3, -0.25) is 0 Å². The fourth-order valence-corrected chi connectivity index (χ4v) is 3.12. The van der Waals surface area contributed by atoms with Crippen LogP contribution in [0, 0.1) is 12.7 Å². The maximum Gasteiger partial charge on any atom is 0.142 e. The highest BCUT2D eigenvalue weighted by Gasteiger charge is 2.08. The molecule has 3 rings (SSSR count). The van der Waals surface area contributed by atoms with Gasteiger partial charge in [0.05, 0.1) is 11.6 Å². The number of rotatable bonds is 8. The summed E-state index contributed by atoms with van der Waals surface area (Å²) in [4.78, 5) is 3.15. The van der Waals surface area contributed by atoms with Crippen molar-refractivity contribution in [1.29, 1.82) is 0 Å². The lowest BCUT2D eigenvalue weighted by molar-refractivity contribution is 0.315. The smallest absolute Gasteiger partial charge is 0.142 e. The molecule has 0 aliphatic carbocycles. The van der Waals surface area contributed by atoms with Gasteiger partial charge in [-0.15, -0.1) is 0 Å². The van der Waals surface area contributed by atoms with Crippen molar-refractivity contribution >= 4 is 22.5 Å². The average molecular weight is 375 g/mol. The van der Waals surface area contributed by atoms with E-state index in [2.05, 4.69) is 42.3 Å². The molecule has 138 valence electrons. The molecule has 3 nitrogen and oxygen atoms in total. The number of nitrogens with one attached hydrogen (secondary N) is 2. The van der Waals surface area contributed by atoms with Crippen LogP contribution >= 0.6 is 11.6 Å². The molecular formula is C21H24ClFN2O. The highest BCUT2D eigenvalue weighted by atomic mass is 35.5. The van der Waals surface area contributed by atoms with Crippen LogP contribution in [-0.4, -0.2) is 18.1 Å². The molecule has 26 heavy (non-hydrogen) atoms. The van der Waals surface area contributed by atoms with E-state index in [-0.39, 0.29) is 10.8 Å². The lowest BCUT2D eigenvalue weighted by atomic mass is 10.1. The van der Waals surface area contributed by atoms with Crippen LogP contribution in [0.2, 0.25) is 5.02 Å². The minimum atomic E-state index is -0.382. The van der Waals surface area contributed by atoms with Crippen LogP contribution in [0.1, 0.15) is 30.0 Å². The van der Waals surface area contributed by atoms with Gasteiger partial charge in [0.1, 0.15) is 11.6 Å². The normalized spacial score (nSPS) is 11.2. The molecule has 3 aromatic rings. The second-order valence-corrected chi connectivity index (χ2v) is 6.91. The van der Waals surface area contributed by atoms with Crippen molar-refractivity contribution in [3.63, 3.8) is 0 Å². The van der Waals surface area contributed by atoms with E-state index in [1.807, 2.05) is 6.20 Å². The predicted molar refractivity (Wildman–Crippen MR) is 106 cm³/mol. The van der Waals surface area contributed by atoms with Gasteiger partial charge >= 0.3 is 0 Å². The number of ether oxygens (including phenoxy) is 1. The zero-order valence-electron chi connectivity index (χ0n) is 15.2. The number of fused-ring (bicyclic) bond motifs is 1. The first kappa shape index (κ1) is 18.7. The van der Waals surface area contributed by atoms with Crippen LogP contribution in [0.15, 0.2) is 36.5 Å².